The van der Waals surface area contributed by atoms with Crippen LogP contribution in [0.25, 0.3) is 11.4 Å². The number of hydrogen-bond donors (Lipinski definition) is 0. The molecule has 0 aliphatic carbocycles. The molecule has 0 aliphatic heterocycles. The summed E-state index contributed by atoms with van der Waals surface area (Å²) in [4.78, 5) is 34.1. The fourth-order valence-electron chi connectivity index (χ4n) is 5.17. The summed E-state index contributed by atoms with van der Waals surface area (Å²) in [5.74, 6) is 0.564. The van der Waals surface area contributed by atoms with Crippen LogP contribution in [0.3, 0.4) is 0 Å². The molecule has 0 aliphatic rings. The van der Waals surface area contributed by atoms with Crippen molar-refractivity contribution in [2.75, 3.05) is 14.2 Å². The van der Waals surface area contributed by atoms with Gasteiger partial charge in [-0.3, -0.25) is 19.0 Å². The molecule has 13 heteroatoms. The molecule has 0 atom stereocenters. The number of aliphatic imine (C=N–C) groups is 2. The number of benzene rings is 4. The van der Waals surface area contributed by atoms with Gasteiger partial charge in [-0.2, -0.15) is 0 Å². The second-order valence-corrected chi connectivity index (χ2v) is 11.1. The Bertz CT molecular complexity index is 2140. The Morgan fingerprint density at radius 1 is 0.588 bits per heavy atom. The van der Waals surface area contributed by atoms with Crippen LogP contribution in [0.5, 0.6) is 23.0 Å². The van der Waals surface area contributed by atoms with Gasteiger partial charge in [-0.25, -0.2) is 19.3 Å². The molecular weight excluding hydrogens is 700 g/mol. The molecular formula is C38H36CuN6O6. The van der Waals surface area contributed by atoms with Gasteiger partial charge < -0.3 is 19.7 Å². The van der Waals surface area contributed by atoms with E-state index in [9.17, 15) is 19.8 Å². The monoisotopic (exact) mass is 735 g/mol. The predicted molar refractivity (Wildman–Crippen MR) is 191 cm³/mol. The van der Waals surface area contributed by atoms with Crippen LogP contribution in [0.1, 0.15) is 22.5 Å². The van der Waals surface area contributed by atoms with E-state index < -0.39 is 0 Å². The van der Waals surface area contributed by atoms with Crippen LogP contribution in [-0.4, -0.2) is 45.4 Å². The van der Waals surface area contributed by atoms with Gasteiger partial charge in [0.2, 0.25) is 0 Å². The fourth-order valence-corrected chi connectivity index (χ4v) is 5.17. The standard InChI is InChI=1S/2C19H19N3O3.Cu/c2*1-13-18(20-12-14-9-10-16(25-3)11-17(14)23)19(24)22(21(13)2)15-7-5-4-6-8-15;/h2*4-12,23H,1-3H3;/q;;+2/p-2. The van der Waals surface area contributed by atoms with Crippen LogP contribution >= 0.6 is 0 Å². The molecule has 4 aromatic carbocycles. The van der Waals surface area contributed by atoms with E-state index in [1.54, 1.807) is 57.1 Å². The number of rotatable bonds is 8. The SMILES string of the molecule is COc1ccc(C=Nc2c(C)n(C)n(-c3ccccc3)c2=O)c([O-])c1.COc1ccc(C=Nc2c(C)n(C)n(-c3ccccc3)c2=O)c([O-])c1.[Cu+2]. The summed E-state index contributed by atoms with van der Waals surface area (Å²) in [6.45, 7) is 3.64. The zero-order chi connectivity index (χ0) is 35.9. The summed E-state index contributed by atoms with van der Waals surface area (Å²) in [6.07, 6.45) is 2.84. The first-order valence-corrected chi connectivity index (χ1v) is 15.5. The second kappa shape index (κ2) is 16.6. The van der Waals surface area contributed by atoms with Gasteiger partial charge in [-0.05, 0) is 73.5 Å². The molecule has 0 saturated carbocycles. The number of para-hydroxylation sites is 2. The number of hydrogen-bond acceptors (Lipinski definition) is 8. The molecule has 0 fully saturated rings. The minimum Gasteiger partial charge on any atom is -0.872 e. The summed E-state index contributed by atoms with van der Waals surface area (Å²) in [5.41, 5.74) is 3.89. The summed E-state index contributed by atoms with van der Waals surface area (Å²) >= 11 is 0. The smallest absolute Gasteiger partial charge is 0.872 e. The topological polar surface area (TPSA) is 143 Å². The Kier molecular flexibility index (Phi) is 12.3. The van der Waals surface area contributed by atoms with E-state index in [4.69, 9.17) is 9.47 Å². The third-order valence-electron chi connectivity index (χ3n) is 8.15. The molecule has 2 aromatic heterocycles. The van der Waals surface area contributed by atoms with Crippen LogP contribution in [0.2, 0.25) is 0 Å². The van der Waals surface area contributed by atoms with Gasteiger partial charge in [0.25, 0.3) is 11.1 Å². The first-order valence-electron chi connectivity index (χ1n) is 15.5. The molecule has 0 saturated heterocycles. The third-order valence-corrected chi connectivity index (χ3v) is 8.15. The summed E-state index contributed by atoms with van der Waals surface area (Å²) < 4.78 is 16.6. The predicted octanol–water partition coefficient (Wildman–Crippen LogP) is 4.63. The van der Waals surface area contributed by atoms with Gasteiger partial charge in [0.1, 0.15) is 11.5 Å². The van der Waals surface area contributed by atoms with Crippen molar-refractivity contribution in [1.82, 2.24) is 18.7 Å². The van der Waals surface area contributed by atoms with Gasteiger partial charge in [-0.15, -0.1) is 0 Å². The quantitative estimate of drug-likeness (QED) is 0.165. The Morgan fingerprint density at radius 2 is 0.941 bits per heavy atom. The maximum Gasteiger partial charge on any atom is 2.00 e. The third kappa shape index (κ3) is 8.07. The Labute approximate surface area is 305 Å². The number of aromatic nitrogens is 4. The van der Waals surface area contributed by atoms with Gasteiger partial charge >= 0.3 is 17.1 Å². The average molecular weight is 736 g/mol. The molecule has 0 N–H and O–H groups in total. The molecule has 6 rings (SSSR count). The first-order chi connectivity index (χ1) is 24.0. The Balaban J connectivity index is 0.000000224. The largest absolute Gasteiger partial charge is 2.00 e. The van der Waals surface area contributed by atoms with Crippen LogP contribution < -0.4 is 30.8 Å². The Hall–Kier alpha value is -6.04. The zero-order valence-electron chi connectivity index (χ0n) is 28.8. The van der Waals surface area contributed by atoms with Crippen molar-refractivity contribution in [3.63, 3.8) is 0 Å². The second-order valence-electron chi connectivity index (χ2n) is 11.1. The number of methoxy groups -OCH3 is 2. The van der Waals surface area contributed by atoms with Crippen molar-refractivity contribution in [2.45, 2.75) is 13.8 Å². The maximum absolute atomic E-state index is 12.7. The van der Waals surface area contributed by atoms with E-state index in [0.717, 1.165) is 11.4 Å². The van der Waals surface area contributed by atoms with Gasteiger partial charge in [-0.1, -0.05) is 60.0 Å². The Morgan fingerprint density at radius 3 is 1.25 bits per heavy atom. The molecule has 0 spiro atoms. The van der Waals surface area contributed by atoms with Crippen LogP contribution in [-0.2, 0) is 31.2 Å². The maximum atomic E-state index is 12.7. The molecule has 6 aromatic rings. The minimum atomic E-state index is -0.233. The van der Waals surface area contributed by atoms with E-state index >= 15 is 0 Å². The summed E-state index contributed by atoms with van der Waals surface area (Å²) in [5, 5.41) is 24.0. The summed E-state index contributed by atoms with van der Waals surface area (Å²) in [7, 11) is 6.61. The minimum absolute atomic E-state index is 0. The van der Waals surface area contributed by atoms with Crippen LogP contribution in [0, 0.1) is 13.8 Å². The molecule has 0 bridgehead atoms. The van der Waals surface area contributed by atoms with Crippen molar-refractivity contribution in [1.29, 1.82) is 0 Å². The van der Waals surface area contributed by atoms with Gasteiger partial charge in [0.05, 0.1) is 37.0 Å². The van der Waals surface area contributed by atoms with E-state index in [2.05, 4.69) is 9.98 Å². The molecule has 2 heterocycles. The van der Waals surface area contributed by atoms with Crippen molar-refractivity contribution >= 4 is 23.8 Å². The number of ether oxygens (including phenoxy) is 2. The zero-order valence-corrected chi connectivity index (χ0v) is 29.8. The van der Waals surface area contributed by atoms with Crippen molar-refractivity contribution in [3.05, 3.63) is 140 Å². The van der Waals surface area contributed by atoms with Crippen molar-refractivity contribution in [2.24, 2.45) is 24.1 Å². The van der Waals surface area contributed by atoms with E-state index in [1.165, 1.54) is 38.8 Å². The first kappa shape index (κ1) is 37.8. The fraction of sp³-hybridized carbons (Fsp3) is 0.158. The number of nitrogens with zero attached hydrogens (tertiary/aromatic N) is 6. The molecule has 0 amide bonds. The van der Waals surface area contributed by atoms with Crippen molar-refractivity contribution in [3.8, 4) is 34.4 Å². The summed E-state index contributed by atoms with van der Waals surface area (Å²) in [6, 6.07) is 28.1. The molecule has 0 unspecified atom stereocenters. The molecule has 51 heavy (non-hydrogen) atoms. The van der Waals surface area contributed by atoms with Crippen LogP contribution in [0.4, 0.5) is 11.4 Å². The van der Waals surface area contributed by atoms with Gasteiger partial charge in [0.15, 0.2) is 11.4 Å². The normalized spacial score (nSPS) is 10.9. The average Bonchev–Trinajstić information content (AvgIpc) is 3.48. The van der Waals surface area contributed by atoms with E-state index in [-0.39, 0.29) is 39.7 Å². The molecule has 1 radical (unpaired) electrons. The van der Waals surface area contributed by atoms with E-state index in [1.807, 2.05) is 74.5 Å². The van der Waals surface area contributed by atoms with Gasteiger partial charge in [0, 0.05) is 26.5 Å². The van der Waals surface area contributed by atoms with Crippen LogP contribution in [0.15, 0.2) is 117 Å². The molecule has 12 nitrogen and oxygen atoms in total. The van der Waals surface area contributed by atoms with E-state index in [0.29, 0.717) is 45.4 Å². The van der Waals surface area contributed by atoms with Crippen molar-refractivity contribution < 1.29 is 36.8 Å². The molecule has 265 valence electrons.